The number of carbonyl (C=O) groups excluding carboxylic acids is 1. The van der Waals surface area contributed by atoms with Gasteiger partial charge in [-0.3, -0.25) is 4.79 Å². The lowest BCUT2D eigenvalue weighted by Crippen LogP contribution is -2.25. The highest BCUT2D eigenvalue weighted by Crippen LogP contribution is 2.15. The Kier molecular flexibility index (Phi) is 5.10. The molecule has 0 atom stereocenters. The summed E-state index contributed by atoms with van der Waals surface area (Å²) in [6.45, 7) is 0.568. The number of rotatable bonds is 6. The summed E-state index contributed by atoms with van der Waals surface area (Å²) in [4.78, 5) is 23.7. The van der Waals surface area contributed by atoms with Crippen molar-refractivity contribution in [1.29, 1.82) is 0 Å². The molecule has 0 aliphatic rings. The number of aromatic amines is 1. The molecule has 7 heteroatoms. The molecule has 1 aromatic carbocycles. The van der Waals surface area contributed by atoms with E-state index in [1.165, 1.54) is 0 Å². The van der Waals surface area contributed by atoms with Crippen molar-refractivity contribution in [3.8, 4) is 5.75 Å². The van der Waals surface area contributed by atoms with Gasteiger partial charge in [-0.1, -0.05) is 12.1 Å². The van der Waals surface area contributed by atoms with E-state index in [1.54, 1.807) is 18.3 Å². The van der Waals surface area contributed by atoms with Crippen molar-refractivity contribution >= 4 is 33.0 Å². The molecule has 0 saturated carbocycles. The average molecular weight is 389 g/mol. The monoisotopic (exact) mass is 388 g/mol. The number of aryl methyl sites for hydroxylation is 1. The van der Waals surface area contributed by atoms with Gasteiger partial charge in [-0.05, 0) is 46.1 Å². The number of aromatic hydroxyl groups is 1. The van der Waals surface area contributed by atoms with Gasteiger partial charge in [0.25, 0.3) is 0 Å². The van der Waals surface area contributed by atoms with Crippen molar-refractivity contribution in [3.63, 3.8) is 0 Å². The maximum Gasteiger partial charge on any atom is 0.220 e. The summed E-state index contributed by atoms with van der Waals surface area (Å²) in [5.41, 5.74) is 2.58. The molecule has 0 radical (unpaired) electrons. The second-order valence-electron chi connectivity index (χ2n) is 5.47. The standard InChI is InChI=1S/C17H17BrN4O2/c18-12-9-14-17(20-10-12)22-15(21-14)5-6-16(24)19-8-7-11-1-3-13(23)4-2-11/h1-4,9-10,23H,5-8H2,(H,19,24)(H,20,21,22). The lowest BCUT2D eigenvalue weighted by molar-refractivity contribution is -0.121. The number of pyridine rings is 1. The van der Waals surface area contributed by atoms with Crippen molar-refractivity contribution in [2.75, 3.05) is 6.54 Å². The Labute approximate surface area is 147 Å². The summed E-state index contributed by atoms with van der Waals surface area (Å²) in [5, 5.41) is 12.1. The van der Waals surface area contributed by atoms with Crippen LogP contribution in [0.1, 0.15) is 17.8 Å². The van der Waals surface area contributed by atoms with Gasteiger partial charge in [-0.2, -0.15) is 0 Å². The number of nitrogens with zero attached hydrogens (tertiary/aromatic N) is 2. The van der Waals surface area contributed by atoms with E-state index in [9.17, 15) is 9.90 Å². The zero-order chi connectivity index (χ0) is 16.9. The maximum atomic E-state index is 11.9. The van der Waals surface area contributed by atoms with Crippen molar-refractivity contribution in [3.05, 3.63) is 52.4 Å². The third kappa shape index (κ3) is 4.32. The summed E-state index contributed by atoms with van der Waals surface area (Å²) in [7, 11) is 0. The van der Waals surface area contributed by atoms with Crippen LogP contribution in [0.25, 0.3) is 11.2 Å². The number of H-pyrrole nitrogens is 1. The Bertz CT molecular complexity index is 845. The predicted octanol–water partition coefficient (Wildman–Crippen LogP) is 2.72. The molecule has 24 heavy (non-hydrogen) atoms. The minimum atomic E-state index is -0.0108. The van der Waals surface area contributed by atoms with E-state index < -0.39 is 0 Å². The number of hydrogen-bond acceptors (Lipinski definition) is 4. The van der Waals surface area contributed by atoms with Crippen molar-refractivity contribution in [2.45, 2.75) is 19.3 Å². The topological polar surface area (TPSA) is 90.9 Å². The van der Waals surface area contributed by atoms with Crippen molar-refractivity contribution < 1.29 is 9.90 Å². The van der Waals surface area contributed by atoms with Crippen LogP contribution in [0.2, 0.25) is 0 Å². The third-order valence-electron chi connectivity index (χ3n) is 3.61. The molecule has 6 nitrogen and oxygen atoms in total. The number of benzene rings is 1. The fraction of sp³-hybridized carbons (Fsp3) is 0.235. The third-order valence-corrected chi connectivity index (χ3v) is 4.05. The normalized spacial score (nSPS) is 10.9. The number of aromatic nitrogens is 3. The predicted molar refractivity (Wildman–Crippen MR) is 94.7 cm³/mol. The summed E-state index contributed by atoms with van der Waals surface area (Å²) in [6.07, 6.45) is 3.34. The molecule has 3 aromatic rings. The van der Waals surface area contributed by atoms with Crippen LogP contribution >= 0.6 is 15.9 Å². The van der Waals surface area contributed by atoms with Crippen LogP contribution in [0.3, 0.4) is 0 Å². The van der Waals surface area contributed by atoms with Gasteiger partial charge in [0.15, 0.2) is 5.65 Å². The Balaban J connectivity index is 1.45. The van der Waals surface area contributed by atoms with Gasteiger partial charge in [0.05, 0.1) is 5.52 Å². The van der Waals surface area contributed by atoms with E-state index in [2.05, 4.69) is 36.2 Å². The lowest BCUT2D eigenvalue weighted by Gasteiger charge is -2.05. The van der Waals surface area contributed by atoms with Gasteiger partial charge in [-0.25, -0.2) is 9.97 Å². The quantitative estimate of drug-likeness (QED) is 0.605. The van der Waals surface area contributed by atoms with Crippen LogP contribution in [0, 0.1) is 0 Å². The van der Waals surface area contributed by atoms with E-state index in [0.29, 0.717) is 25.0 Å². The molecule has 1 amide bonds. The molecule has 2 aromatic heterocycles. The van der Waals surface area contributed by atoms with Gasteiger partial charge in [0.2, 0.25) is 5.91 Å². The Morgan fingerprint density at radius 1 is 1.25 bits per heavy atom. The Hall–Kier alpha value is -2.41. The molecule has 0 saturated heterocycles. The summed E-state index contributed by atoms with van der Waals surface area (Å²) >= 11 is 3.37. The molecule has 3 N–H and O–H groups in total. The first kappa shape index (κ1) is 16.4. The summed E-state index contributed by atoms with van der Waals surface area (Å²) < 4.78 is 0.886. The van der Waals surface area contributed by atoms with Crippen LogP contribution < -0.4 is 5.32 Å². The first-order chi connectivity index (χ1) is 11.6. The van der Waals surface area contributed by atoms with Crippen molar-refractivity contribution in [1.82, 2.24) is 20.3 Å². The Morgan fingerprint density at radius 2 is 2.04 bits per heavy atom. The fourth-order valence-electron chi connectivity index (χ4n) is 2.37. The number of halogens is 1. The van der Waals surface area contributed by atoms with Crippen LogP contribution in [-0.4, -0.2) is 32.5 Å². The SMILES string of the molecule is O=C(CCc1nc2ncc(Br)cc2[nH]1)NCCc1ccc(O)cc1. The lowest BCUT2D eigenvalue weighted by atomic mass is 10.1. The zero-order valence-corrected chi connectivity index (χ0v) is 14.5. The smallest absolute Gasteiger partial charge is 0.220 e. The molecule has 0 fully saturated rings. The van der Waals surface area contributed by atoms with Gasteiger partial charge in [0, 0.05) is 30.1 Å². The molecule has 3 rings (SSSR count). The minimum Gasteiger partial charge on any atom is -0.508 e. The van der Waals surface area contributed by atoms with E-state index in [1.807, 2.05) is 18.2 Å². The number of imidazole rings is 1. The largest absolute Gasteiger partial charge is 0.508 e. The molecule has 2 heterocycles. The van der Waals surface area contributed by atoms with E-state index in [-0.39, 0.29) is 11.7 Å². The number of fused-ring (bicyclic) bond motifs is 1. The molecule has 124 valence electrons. The molecule has 0 bridgehead atoms. The van der Waals surface area contributed by atoms with E-state index >= 15 is 0 Å². The van der Waals surface area contributed by atoms with Crippen molar-refractivity contribution in [2.24, 2.45) is 0 Å². The number of phenolic OH excluding ortho intramolecular Hbond substituents is 1. The number of phenols is 1. The first-order valence-corrected chi connectivity index (χ1v) is 8.44. The first-order valence-electron chi connectivity index (χ1n) is 7.65. The number of carbonyl (C=O) groups is 1. The zero-order valence-electron chi connectivity index (χ0n) is 12.9. The molecular weight excluding hydrogens is 372 g/mol. The molecule has 0 unspecified atom stereocenters. The number of nitrogens with one attached hydrogen (secondary N) is 2. The summed E-state index contributed by atoms with van der Waals surface area (Å²) in [6, 6.07) is 8.90. The fourth-order valence-corrected chi connectivity index (χ4v) is 2.70. The molecule has 0 aliphatic carbocycles. The second-order valence-corrected chi connectivity index (χ2v) is 6.39. The number of hydrogen-bond donors (Lipinski definition) is 3. The molecule has 0 spiro atoms. The average Bonchev–Trinajstić information content (AvgIpc) is 2.97. The van der Waals surface area contributed by atoms with Crippen LogP contribution in [0.5, 0.6) is 5.75 Å². The van der Waals surface area contributed by atoms with Crippen LogP contribution in [0.4, 0.5) is 0 Å². The second kappa shape index (κ2) is 7.44. The van der Waals surface area contributed by atoms with Crippen LogP contribution in [-0.2, 0) is 17.6 Å². The Morgan fingerprint density at radius 3 is 2.83 bits per heavy atom. The van der Waals surface area contributed by atoms with Gasteiger partial charge in [0.1, 0.15) is 11.6 Å². The van der Waals surface area contributed by atoms with Gasteiger partial charge < -0.3 is 15.4 Å². The van der Waals surface area contributed by atoms with Crippen LogP contribution in [0.15, 0.2) is 41.0 Å². The highest BCUT2D eigenvalue weighted by Gasteiger charge is 2.07. The van der Waals surface area contributed by atoms with Gasteiger partial charge in [-0.15, -0.1) is 0 Å². The van der Waals surface area contributed by atoms with E-state index in [4.69, 9.17) is 0 Å². The summed E-state index contributed by atoms with van der Waals surface area (Å²) in [5.74, 6) is 0.989. The maximum absolute atomic E-state index is 11.9. The molecule has 0 aliphatic heterocycles. The highest BCUT2D eigenvalue weighted by atomic mass is 79.9. The van der Waals surface area contributed by atoms with E-state index in [0.717, 1.165) is 27.8 Å². The number of amides is 1. The minimum absolute atomic E-state index is 0.0108. The molecular formula is C17H17BrN4O2. The van der Waals surface area contributed by atoms with Gasteiger partial charge >= 0.3 is 0 Å². The highest BCUT2D eigenvalue weighted by molar-refractivity contribution is 9.10.